The maximum absolute atomic E-state index is 12.4. The molecule has 0 aliphatic heterocycles. The first kappa shape index (κ1) is 10.3. The van der Waals surface area contributed by atoms with E-state index in [1.165, 1.54) is 0 Å². The standard InChI is InChI=1S/C8H10FN3.ClH/c9-6-4-11-7(12-5-6)8(10)2-1-3-8;/h4-5H,1-3,10H2;1H. The third kappa shape index (κ3) is 1.78. The van der Waals surface area contributed by atoms with Gasteiger partial charge in [0.2, 0.25) is 0 Å². The highest BCUT2D eigenvalue weighted by molar-refractivity contribution is 5.85. The van der Waals surface area contributed by atoms with Crippen LogP contribution >= 0.6 is 12.4 Å². The maximum Gasteiger partial charge on any atom is 0.159 e. The summed E-state index contributed by atoms with van der Waals surface area (Å²) in [6.07, 6.45) is 5.24. The molecular formula is C8H11ClFN3. The number of nitrogens with two attached hydrogens (primary N) is 1. The lowest BCUT2D eigenvalue weighted by atomic mass is 9.77. The quantitative estimate of drug-likeness (QED) is 0.750. The van der Waals surface area contributed by atoms with Crippen LogP contribution in [0.3, 0.4) is 0 Å². The SMILES string of the molecule is Cl.NC1(c2ncc(F)cn2)CCC1. The van der Waals surface area contributed by atoms with Crippen LogP contribution in [0.2, 0.25) is 0 Å². The molecule has 5 heteroatoms. The molecule has 1 aliphatic rings. The van der Waals surface area contributed by atoms with Gasteiger partial charge < -0.3 is 5.73 Å². The molecular weight excluding hydrogens is 193 g/mol. The molecule has 0 amide bonds. The van der Waals surface area contributed by atoms with Crippen LogP contribution in [-0.4, -0.2) is 9.97 Å². The van der Waals surface area contributed by atoms with E-state index in [-0.39, 0.29) is 17.9 Å². The molecule has 3 nitrogen and oxygen atoms in total. The van der Waals surface area contributed by atoms with Gasteiger partial charge in [0.15, 0.2) is 5.82 Å². The zero-order valence-electron chi connectivity index (χ0n) is 7.03. The number of nitrogens with zero attached hydrogens (tertiary/aromatic N) is 2. The summed E-state index contributed by atoms with van der Waals surface area (Å²) in [5.74, 6) is 0.150. The zero-order chi connectivity index (χ0) is 8.60. The third-order valence-electron chi connectivity index (χ3n) is 2.31. The molecule has 0 radical (unpaired) electrons. The molecule has 0 spiro atoms. The van der Waals surface area contributed by atoms with E-state index in [2.05, 4.69) is 9.97 Å². The van der Waals surface area contributed by atoms with Crippen molar-refractivity contribution < 1.29 is 4.39 Å². The Morgan fingerprint density at radius 2 is 1.85 bits per heavy atom. The Hall–Kier alpha value is -0.740. The Bertz CT molecular complexity index is 284. The molecule has 0 aromatic carbocycles. The Kier molecular flexibility index (Phi) is 2.83. The Balaban J connectivity index is 0.000000845. The molecule has 1 heterocycles. The van der Waals surface area contributed by atoms with Crippen LogP contribution in [0.15, 0.2) is 12.4 Å². The minimum atomic E-state index is -0.415. The summed E-state index contributed by atoms with van der Waals surface area (Å²) in [4.78, 5) is 7.72. The number of hydrogen-bond acceptors (Lipinski definition) is 3. The monoisotopic (exact) mass is 203 g/mol. The van der Waals surface area contributed by atoms with E-state index in [0.717, 1.165) is 31.7 Å². The molecule has 0 unspecified atom stereocenters. The van der Waals surface area contributed by atoms with E-state index in [0.29, 0.717) is 5.82 Å². The average Bonchev–Trinajstić information content (AvgIpc) is 2.02. The molecule has 72 valence electrons. The normalized spacial score (nSPS) is 18.6. The first-order valence-electron chi connectivity index (χ1n) is 3.98. The lowest BCUT2D eigenvalue weighted by molar-refractivity contribution is 0.237. The van der Waals surface area contributed by atoms with E-state index in [4.69, 9.17) is 5.73 Å². The smallest absolute Gasteiger partial charge is 0.159 e. The minimum Gasteiger partial charge on any atom is -0.319 e. The number of hydrogen-bond donors (Lipinski definition) is 1. The molecule has 0 atom stereocenters. The van der Waals surface area contributed by atoms with Gasteiger partial charge in [0.25, 0.3) is 0 Å². The van der Waals surface area contributed by atoms with Gasteiger partial charge in [-0.05, 0) is 19.3 Å². The van der Waals surface area contributed by atoms with Crippen molar-refractivity contribution >= 4 is 12.4 Å². The van der Waals surface area contributed by atoms with Crippen LogP contribution in [0.25, 0.3) is 0 Å². The van der Waals surface area contributed by atoms with Gasteiger partial charge in [-0.15, -0.1) is 12.4 Å². The Labute approximate surface area is 82.0 Å². The topological polar surface area (TPSA) is 51.8 Å². The molecule has 1 aromatic heterocycles. The second kappa shape index (κ2) is 3.55. The van der Waals surface area contributed by atoms with Crippen LogP contribution in [0, 0.1) is 5.82 Å². The second-order valence-corrected chi connectivity index (χ2v) is 3.23. The van der Waals surface area contributed by atoms with E-state index >= 15 is 0 Å². The van der Waals surface area contributed by atoms with E-state index in [1.54, 1.807) is 0 Å². The molecule has 2 rings (SSSR count). The van der Waals surface area contributed by atoms with E-state index < -0.39 is 5.82 Å². The molecule has 1 saturated carbocycles. The minimum absolute atomic E-state index is 0. The number of rotatable bonds is 1. The van der Waals surface area contributed by atoms with Gasteiger partial charge in [0.05, 0.1) is 17.9 Å². The first-order valence-corrected chi connectivity index (χ1v) is 3.98. The maximum atomic E-state index is 12.4. The van der Waals surface area contributed by atoms with Gasteiger partial charge >= 0.3 is 0 Å². The predicted octanol–water partition coefficient (Wildman–Crippen LogP) is 1.38. The van der Waals surface area contributed by atoms with Crippen molar-refractivity contribution in [1.29, 1.82) is 0 Å². The predicted molar refractivity (Wildman–Crippen MR) is 49.0 cm³/mol. The van der Waals surface area contributed by atoms with Crippen molar-refractivity contribution in [2.24, 2.45) is 5.73 Å². The first-order chi connectivity index (χ1) is 5.71. The highest BCUT2D eigenvalue weighted by atomic mass is 35.5. The summed E-state index contributed by atoms with van der Waals surface area (Å²) in [6, 6.07) is 0. The fourth-order valence-electron chi connectivity index (χ4n) is 1.35. The van der Waals surface area contributed by atoms with Gasteiger partial charge in [-0.25, -0.2) is 14.4 Å². The number of aromatic nitrogens is 2. The Morgan fingerprint density at radius 1 is 1.31 bits per heavy atom. The summed E-state index contributed by atoms with van der Waals surface area (Å²) in [5.41, 5.74) is 5.55. The van der Waals surface area contributed by atoms with Gasteiger partial charge in [-0.2, -0.15) is 0 Å². The summed E-state index contributed by atoms with van der Waals surface area (Å²) < 4.78 is 12.4. The Morgan fingerprint density at radius 3 is 2.23 bits per heavy atom. The van der Waals surface area contributed by atoms with Crippen LogP contribution in [0.1, 0.15) is 25.1 Å². The van der Waals surface area contributed by atoms with Gasteiger partial charge in [-0.3, -0.25) is 0 Å². The number of halogens is 2. The lowest BCUT2D eigenvalue weighted by Gasteiger charge is -2.36. The van der Waals surface area contributed by atoms with Crippen LogP contribution in [0.4, 0.5) is 4.39 Å². The highest BCUT2D eigenvalue weighted by Gasteiger charge is 2.36. The molecule has 1 aromatic rings. The van der Waals surface area contributed by atoms with Crippen molar-refractivity contribution in [1.82, 2.24) is 9.97 Å². The summed E-state index contributed by atoms with van der Waals surface area (Å²) >= 11 is 0. The van der Waals surface area contributed by atoms with Gasteiger partial charge in [-0.1, -0.05) is 0 Å². The molecule has 0 saturated heterocycles. The fraction of sp³-hybridized carbons (Fsp3) is 0.500. The molecule has 13 heavy (non-hydrogen) atoms. The van der Waals surface area contributed by atoms with E-state index in [9.17, 15) is 4.39 Å². The van der Waals surface area contributed by atoms with Crippen molar-refractivity contribution in [2.45, 2.75) is 24.8 Å². The highest BCUT2D eigenvalue weighted by Crippen LogP contribution is 2.36. The largest absolute Gasteiger partial charge is 0.319 e. The van der Waals surface area contributed by atoms with Crippen LogP contribution in [0.5, 0.6) is 0 Å². The molecule has 1 aliphatic carbocycles. The summed E-state index contributed by atoms with van der Waals surface area (Å²) in [5, 5.41) is 0. The van der Waals surface area contributed by atoms with Crippen LogP contribution < -0.4 is 5.73 Å². The van der Waals surface area contributed by atoms with Crippen molar-refractivity contribution in [3.63, 3.8) is 0 Å². The fourth-order valence-corrected chi connectivity index (χ4v) is 1.35. The molecule has 0 bridgehead atoms. The molecule has 2 N–H and O–H groups in total. The van der Waals surface area contributed by atoms with Gasteiger partial charge in [0.1, 0.15) is 5.82 Å². The summed E-state index contributed by atoms with van der Waals surface area (Å²) in [6.45, 7) is 0. The van der Waals surface area contributed by atoms with E-state index in [1.807, 2.05) is 0 Å². The molecule has 1 fully saturated rings. The summed E-state index contributed by atoms with van der Waals surface area (Å²) in [7, 11) is 0. The average molecular weight is 204 g/mol. The zero-order valence-corrected chi connectivity index (χ0v) is 7.85. The van der Waals surface area contributed by atoms with Crippen LogP contribution in [-0.2, 0) is 5.54 Å². The van der Waals surface area contributed by atoms with Crippen molar-refractivity contribution in [2.75, 3.05) is 0 Å². The van der Waals surface area contributed by atoms with Gasteiger partial charge in [0, 0.05) is 0 Å². The lowest BCUT2D eigenvalue weighted by Crippen LogP contribution is -2.44. The van der Waals surface area contributed by atoms with Crippen molar-refractivity contribution in [3.05, 3.63) is 24.0 Å². The van der Waals surface area contributed by atoms with Crippen molar-refractivity contribution in [3.8, 4) is 0 Å². The third-order valence-corrected chi connectivity index (χ3v) is 2.31. The second-order valence-electron chi connectivity index (χ2n) is 3.23.